The Morgan fingerprint density at radius 2 is 1.52 bits per heavy atom. The molecule has 1 aromatic rings. The Morgan fingerprint density at radius 3 is 2.04 bits per heavy atom. The van der Waals surface area contributed by atoms with E-state index in [2.05, 4.69) is 46.9 Å². The van der Waals surface area contributed by atoms with Gasteiger partial charge in [-0.1, -0.05) is 0 Å². The molecular formula is C15H25N11O. The van der Waals surface area contributed by atoms with Crippen molar-refractivity contribution in [1.82, 2.24) is 36.9 Å². The maximum atomic E-state index is 8.55. The first-order valence-electron chi connectivity index (χ1n) is 8.29. The zero-order valence-corrected chi connectivity index (χ0v) is 15.5. The molecule has 6 N–H and O–H groups in total. The fraction of sp³-hybridized carbons (Fsp3) is 0.533. The average Bonchev–Trinajstić information content (AvgIpc) is 3.13. The fourth-order valence-corrected chi connectivity index (χ4v) is 1.99. The molecule has 0 amide bonds. The topological polar surface area (TPSA) is 171 Å². The number of nitriles is 2. The van der Waals surface area contributed by atoms with Gasteiger partial charge in [0.05, 0.1) is 12.2 Å². The van der Waals surface area contributed by atoms with Gasteiger partial charge in [-0.15, -0.1) is 0 Å². The predicted octanol–water partition coefficient (Wildman–Crippen LogP) is -1.85. The third-order valence-electron chi connectivity index (χ3n) is 3.29. The number of hydrogen-bond acceptors (Lipinski definition) is 8. The zero-order chi connectivity index (χ0) is 19.7. The Hall–Kier alpha value is -3.35. The van der Waals surface area contributed by atoms with Crippen molar-refractivity contribution in [3.05, 3.63) is 17.8 Å². The van der Waals surface area contributed by atoms with Gasteiger partial charge >= 0.3 is 0 Å². The van der Waals surface area contributed by atoms with E-state index in [1.807, 2.05) is 12.4 Å². The molecule has 146 valence electrons. The van der Waals surface area contributed by atoms with Crippen molar-refractivity contribution < 1.29 is 4.42 Å². The van der Waals surface area contributed by atoms with Gasteiger partial charge in [0, 0.05) is 46.8 Å². The lowest BCUT2D eigenvalue weighted by molar-refractivity contribution is 0.474. The molecular weight excluding hydrogens is 350 g/mol. The highest BCUT2D eigenvalue weighted by atomic mass is 16.3. The standard InChI is InChI=1S/C15H25N11O/c1-18-14(24-9-16)22-5-3-20-7-12-13(27-11-26-12)8-21-4-6-23-15(19-2)25-10-17/h11,20-21H,3-8H2,1-2H3,(H2,18,22,24)(H2,19,23,25). The van der Waals surface area contributed by atoms with Gasteiger partial charge in [-0.05, 0) is 0 Å². The van der Waals surface area contributed by atoms with Gasteiger partial charge in [0.2, 0.25) is 11.9 Å². The van der Waals surface area contributed by atoms with Crippen LogP contribution in [-0.4, -0.2) is 57.2 Å². The first-order chi connectivity index (χ1) is 13.2. The van der Waals surface area contributed by atoms with Crippen LogP contribution < -0.4 is 31.9 Å². The first kappa shape index (κ1) is 21.7. The smallest absolute Gasteiger partial charge is 0.204 e. The molecule has 0 saturated carbocycles. The molecule has 1 rings (SSSR count). The number of nitrogens with one attached hydrogen (secondary N) is 6. The van der Waals surface area contributed by atoms with Crippen LogP contribution in [0.2, 0.25) is 0 Å². The summed E-state index contributed by atoms with van der Waals surface area (Å²) in [6, 6.07) is 0. The largest absolute Gasteiger partial charge is 0.447 e. The highest BCUT2D eigenvalue weighted by Gasteiger charge is 2.07. The zero-order valence-electron chi connectivity index (χ0n) is 15.5. The number of aliphatic imine (C=N–C) groups is 2. The summed E-state index contributed by atoms with van der Waals surface area (Å²) in [5.41, 5.74) is 0.831. The van der Waals surface area contributed by atoms with E-state index in [1.54, 1.807) is 14.1 Å². The van der Waals surface area contributed by atoms with Crippen LogP contribution >= 0.6 is 0 Å². The summed E-state index contributed by atoms with van der Waals surface area (Å²) in [7, 11) is 3.19. The van der Waals surface area contributed by atoms with Crippen LogP contribution in [-0.2, 0) is 13.1 Å². The van der Waals surface area contributed by atoms with Crippen molar-refractivity contribution in [2.75, 3.05) is 40.3 Å². The monoisotopic (exact) mass is 375 g/mol. The van der Waals surface area contributed by atoms with Gasteiger partial charge in [-0.25, -0.2) is 4.98 Å². The van der Waals surface area contributed by atoms with Crippen LogP contribution in [0.25, 0.3) is 0 Å². The Balaban J connectivity index is 2.21. The van der Waals surface area contributed by atoms with E-state index in [0.29, 0.717) is 51.2 Å². The summed E-state index contributed by atoms with van der Waals surface area (Å²) >= 11 is 0. The van der Waals surface area contributed by atoms with E-state index >= 15 is 0 Å². The van der Waals surface area contributed by atoms with Crippen LogP contribution in [0.4, 0.5) is 0 Å². The molecule has 0 aliphatic carbocycles. The number of oxazole rings is 1. The van der Waals surface area contributed by atoms with Crippen LogP contribution in [0.1, 0.15) is 11.5 Å². The fourth-order valence-electron chi connectivity index (χ4n) is 1.99. The van der Waals surface area contributed by atoms with Crippen molar-refractivity contribution in [2.45, 2.75) is 13.1 Å². The quantitative estimate of drug-likeness (QED) is 0.0896. The van der Waals surface area contributed by atoms with Crippen molar-refractivity contribution in [2.24, 2.45) is 9.98 Å². The minimum Gasteiger partial charge on any atom is -0.447 e. The first-order valence-corrected chi connectivity index (χ1v) is 8.29. The van der Waals surface area contributed by atoms with Crippen molar-refractivity contribution in [3.8, 4) is 12.4 Å². The van der Waals surface area contributed by atoms with Crippen LogP contribution in [0, 0.1) is 22.9 Å². The van der Waals surface area contributed by atoms with Gasteiger partial charge in [-0.2, -0.15) is 10.5 Å². The predicted molar refractivity (Wildman–Crippen MR) is 100 cm³/mol. The summed E-state index contributed by atoms with van der Waals surface area (Å²) in [4.78, 5) is 12.0. The van der Waals surface area contributed by atoms with E-state index < -0.39 is 0 Å². The van der Waals surface area contributed by atoms with Crippen molar-refractivity contribution in [1.29, 1.82) is 10.5 Å². The molecule has 0 saturated heterocycles. The molecule has 0 aromatic carbocycles. The molecule has 0 radical (unpaired) electrons. The average molecular weight is 375 g/mol. The molecule has 0 fully saturated rings. The number of aromatic nitrogens is 1. The van der Waals surface area contributed by atoms with Gasteiger partial charge in [0.25, 0.3) is 0 Å². The van der Waals surface area contributed by atoms with E-state index in [1.165, 1.54) is 6.39 Å². The summed E-state index contributed by atoms with van der Waals surface area (Å²) < 4.78 is 5.40. The molecule has 0 spiro atoms. The summed E-state index contributed by atoms with van der Waals surface area (Å²) in [6.45, 7) is 3.65. The second kappa shape index (κ2) is 13.9. The lowest BCUT2D eigenvalue weighted by Gasteiger charge is -2.09. The Morgan fingerprint density at radius 1 is 0.963 bits per heavy atom. The highest BCUT2D eigenvalue weighted by Crippen LogP contribution is 2.05. The van der Waals surface area contributed by atoms with Gasteiger partial charge in [0.15, 0.2) is 18.8 Å². The van der Waals surface area contributed by atoms with E-state index in [4.69, 9.17) is 14.9 Å². The van der Waals surface area contributed by atoms with Crippen molar-refractivity contribution >= 4 is 11.9 Å². The van der Waals surface area contributed by atoms with Gasteiger partial charge in [0.1, 0.15) is 5.76 Å². The van der Waals surface area contributed by atoms with Crippen LogP contribution in [0.3, 0.4) is 0 Å². The molecule has 1 heterocycles. The molecule has 27 heavy (non-hydrogen) atoms. The third-order valence-corrected chi connectivity index (χ3v) is 3.29. The third kappa shape index (κ3) is 9.06. The van der Waals surface area contributed by atoms with Gasteiger partial charge < -0.3 is 25.7 Å². The van der Waals surface area contributed by atoms with E-state index in [9.17, 15) is 0 Å². The number of guanidine groups is 2. The normalized spacial score (nSPS) is 11.4. The summed E-state index contributed by atoms with van der Waals surface area (Å²) in [5, 5.41) is 34.4. The van der Waals surface area contributed by atoms with Crippen LogP contribution in [0.15, 0.2) is 20.8 Å². The van der Waals surface area contributed by atoms with E-state index in [-0.39, 0.29) is 0 Å². The maximum Gasteiger partial charge on any atom is 0.204 e. The summed E-state index contributed by atoms with van der Waals surface area (Å²) in [6.07, 6.45) is 5.04. The molecule has 1 aromatic heterocycles. The second-order valence-corrected chi connectivity index (χ2v) is 5.05. The summed E-state index contributed by atoms with van der Waals surface area (Å²) in [5.74, 6) is 1.62. The van der Waals surface area contributed by atoms with Crippen LogP contribution in [0.5, 0.6) is 0 Å². The number of hydrogen-bond donors (Lipinski definition) is 6. The number of nitrogens with zero attached hydrogens (tertiary/aromatic N) is 5. The lowest BCUT2D eigenvalue weighted by atomic mass is 10.3. The maximum absolute atomic E-state index is 8.55. The molecule has 0 bridgehead atoms. The van der Waals surface area contributed by atoms with E-state index in [0.717, 1.165) is 11.5 Å². The Kier molecular flexibility index (Phi) is 11.2. The highest BCUT2D eigenvalue weighted by molar-refractivity contribution is 5.81. The molecule has 12 nitrogen and oxygen atoms in total. The second-order valence-electron chi connectivity index (χ2n) is 5.05. The SMILES string of the molecule is CN=C(NC#N)NCCNCc1ncoc1CNCCNC(=NC)NC#N. The molecule has 12 heteroatoms. The Labute approximate surface area is 158 Å². The lowest BCUT2D eigenvalue weighted by Crippen LogP contribution is -2.38. The molecule has 0 unspecified atom stereocenters. The molecule has 0 aliphatic heterocycles. The molecule has 0 aliphatic rings. The Bertz CT molecular complexity index is 626. The minimum atomic E-state index is 0.429. The van der Waals surface area contributed by atoms with Gasteiger partial charge in [-0.3, -0.25) is 20.6 Å². The number of rotatable bonds is 10. The minimum absolute atomic E-state index is 0.429. The van der Waals surface area contributed by atoms with Crippen molar-refractivity contribution in [3.63, 3.8) is 0 Å². The molecule has 0 atom stereocenters.